The zero-order valence-corrected chi connectivity index (χ0v) is 7.89. The molecule has 0 bridgehead atoms. The first-order valence-electron chi connectivity index (χ1n) is 3.95. The van der Waals surface area contributed by atoms with Gasteiger partial charge in [0.2, 0.25) is 0 Å². The maximum absolute atomic E-state index is 10.9. The van der Waals surface area contributed by atoms with Gasteiger partial charge < -0.3 is 14.9 Å². The monoisotopic (exact) mass is 204 g/mol. The molecule has 0 aliphatic rings. The van der Waals surface area contributed by atoms with Crippen LogP contribution in [0.4, 0.5) is 0 Å². The van der Waals surface area contributed by atoms with Crippen molar-refractivity contribution in [1.29, 1.82) is 0 Å². The normalized spacial score (nSPS) is 14.2. The highest BCUT2D eigenvalue weighted by atomic mass is 16.6. The lowest BCUT2D eigenvalue weighted by Crippen LogP contribution is -2.31. The number of hydrogen-bond acceptors (Lipinski definition) is 5. The van der Waals surface area contributed by atoms with Crippen LogP contribution in [0.3, 0.4) is 0 Å². The fourth-order valence-electron chi connectivity index (χ4n) is 0.584. The Hall–Kier alpha value is -1.43. The summed E-state index contributed by atoms with van der Waals surface area (Å²) >= 11 is 0. The molecule has 2 atom stereocenters. The van der Waals surface area contributed by atoms with E-state index in [0.717, 1.165) is 0 Å². The van der Waals surface area contributed by atoms with Gasteiger partial charge in [-0.25, -0.2) is 4.79 Å². The molecule has 0 aromatic carbocycles. The van der Waals surface area contributed by atoms with E-state index in [9.17, 15) is 14.4 Å². The number of carboxylic acid groups (broad SMARTS) is 1. The lowest BCUT2D eigenvalue weighted by atomic mass is 10.2. The molecule has 2 N–H and O–H groups in total. The maximum Gasteiger partial charge on any atom is 0.336 e. The van der Waals surface area contributed by atoms with Crippen molar-refractivity contribution < 1.29 is 29.3 Å². The summed E-state index contributed by atoms with van der Waals surface area (Å²) in [5.74, 6) is -2.79. The molecule has 0 saturated carbocycles. The molecule has 0 aromatic rings. The number of rotatable bonds is 5. The summed E-state index contributed by atoms with van der Waals surface area (Å²) < 4.78 is 4.47. The van der Waals surface area contributed by atoms with Gasteiger partial charge in [-0.15, -0.1) is 0 Å². The minimum atomic E-state index is -1.73. The summed E-state index contributed by atoms with van der Waals surface area (Å²) in [7, 11) is 0. The average Bonchev–Trinajstić information content (AvgIpc) is 2.02. The molecule has 0 rings (SSSR count). The van der Waals surface area contributed by atoms with Crippen LogP contribution in [-0.4, -0.2) is 40.1 Å². The molecule has 0 aromatic heterocycles. The molecule has 14 heavy (non-hydrogen) atoms. The summed E-state index contributed by atoms with van der Waals surface area (Å²) in [6, 6.07) is 0. The van der Waals surface area contributed by atoms with Gasteiger partial charge in [-0.1, -0.05) is 0 Å². The number of carbonyl (C=O) groups is 3. The minimum absolute atomic E-state index is 0.374. The van der Waals surface area contributed by atoms with Crippen LogP contribution in [0.2, 0.25) is 0 Å². The Balaban J connectivity index is 4.07. The van der Waals surface area contributed by atoms with E-state index in [0.29, 0.717) is 0 Å². The first-order chi connectivity index (χ1) is 6.34. The molecule has 0 aliphatic heterocycles. The molecule has 0 spiro atoms. The lowest BCUT2D eigenvalue weighted by Gasteiger charge is -2.12. The van der Waals surface area contributed by atoms with Crippen LogP contribution in [0.5, 0.6) is 0 Å². The van der Waals surface area contributed by atoms with Gasteiger partial charge in [0.1, 0.15) is 0 Å². The van der Waals surface area contributed by atoms with E-state index in [-0.39, 0.29) is 5.78 Å². The smallest absolute Gasteiger partial charge is 0.336 e. The van der Waals surface area contributed by atoms with Gasteiger partial charge in [-0.3, -0.25) is 9.59 Å². The Morgan fingerprint density at radius 3 is 2.21 bits per heavy atom. The van der Waals surface area contributed by atoms with Crippen LogP contribution in [0.25, 0.3) is 0 Å². The number of Topliss-reactive ketones (excluding diaryl/α,β-unsaturated/α-hetero) is 1. The molecule has 0 unspecified atom stereocenters. The van der Waals surface area contributed by atoms with Crippen molar-refractivity contribution in [2.45, 2.75) is 32.5 Å². The van der Waals surface area contributed by atoms with Crippen LogP contribution < -0.4 is 0 Å². The molecule has 0 saturated heterocycles. The van der Waals surface area contributed by atoms with Crippen molar-refractivity contribution in [3.8, 4) is 0 Å². The highest BCUT2D eigenvalue weighted by molar-refractivity contribution is 5.85. The lowest BCUT2D eigenvalue weighted by molar-refractivity contribution is -0.164. The number of aliphatic hydroxyl groups is 1. The van der Waals surface area contributed by atoms with E-state index in [1.807, 2.05) is 0 Å². The predicted octanol–water partition coefficient (Wildman–Crippen LogP) is -0.657. The Labute approximate surface area is 80.5 Å². The van der Waals surface area contributed by atoms with Crippen LogP contribution in [0, 0.1) is 0 Å². The summed E-state index contributed by atoms with van der Waals surface area (Å²) in [5, 5.41) is 17.2. The number of hydrogen-bond donors (Lipinski definition) is 2. The summed E-state index contributed by atoms with van der Waals surface area (Å²) in [6.07, 6.45) is -3.43. The first-order valence-corrected chi connectivity index (χ1v) is 3.95. The Bertz CT molecular complexity index is 246. The van der Waals surface area contributed by atoms with Gasteiger partial charge in [0.05, 0.1) is 6.42 Å². The Morgan fingerprint density at radius 1 is 1.36 bits per heavy atom. The molecular weight excluding hydrogens is 192 g/mol. The molecule has 0 aliphatic carbocycles. The topological polar surface area (TPSA) is 101 Å². The highest BCUT2D eigenvalue weighted by Gasteiger charge is 2.23. The van der Waals surface area contributed by atoms with Crippen molar-refractivity contribution in [1.82, 2.24) is 0 Å². The second kappa shape index (κ2) is 5.33. The minimum Gasteiger partial charge on any atom is -0.481 e. The van der Waals surface area contributed by atoms with E-state index in [4.69, 9.17) is 10.2 Å². The zero-order valence-electron chi connectivity index (χ0n) is 7.89. The Morgan fingerprint density at radius 2 is 1.86 bits per heavy atom. The van der Waals surface area contributed by atoms with E-state index < -0.39 is 30.6 Å². The second-order valence-corrected chi connectivity index (χ2v) is 2.80. The largest absolute Gasteiger partial charge is 0.481 e. The number of esters is 1. The number of carboxylic acids is 1. The molecular formula is C8H12O6. The number of aliphatic hydroxyl groups excluding tert-OH is 1. The van der Waals surface area contributed by atoms with Crippen molar-refractivity contribution in [3.63, 3.8) is 0 Å². The van der Waals surface area contributed by atoms with E-state index >= 15 is 0 Å². The summed E-state index contributed by atoms with van der Waals surface area (Å²) in [5.41, 5.74) is 0. The van der Waals surface area contributed by atoms with Gasteiger partial charge in [-0.2, -0.15) is 0 Å². The number of carbonyl (C=O) groups excluding carboxylic acids is 2. The fraction of sp³-hybridized carbons (Fsp3) is 0.625. The van der Waals surface area contributed by atoms with Gasteiger partial charge in [-0.05, 0) is 13.8 Å². The maximum atomic E-state index is 10.9. The van der Waals surface area contributed by atoms with Crippen molar-refractivity contribution in [2.24, 2.45) is 0 Å². The fourth-order valence-corrected chi connectivity index (χ4v) is 0.584. The number of aliphatic carboxylic acids is 1. The SMILES string of the molecule is CC(=O)[C@H](C)OC(=O)[C@@H](O)CC(=O)O. The standard InChI is InChI=1S/C8H12O6/c1-4(9)5(2)14-8(13)6(10)3-7(11)12/h5-6,10H,3H2,1-2H3,(H,11,12)/t5-,6-/m0/s1. The second-order valence-electron chi connectivity index (χ2n) is 2.80. The third-order valence-electron chi connectivity index (χ3n) is 1.51. The molecule has 0 amide bonds. The van der Waals surface area contributed by atoms with Gasteiger partial charge in [0.15, 0.2) is 18.0 Å². The van der Waals surface area contributed by atoms with Crippen LogP contribution in [-0.2, 0) is 19.1 Å². The number of ketones is 1. The van der Waals surface area contributed by atoms with E-state index in [1.165, 1.54) is 13.8 Å². The average molecular weight is 204 g/mol. The van der Waals surface area contributed by atoms with Gasteiger partial charge in [0.25, 0.3) is 0 Å². The van der Waals surface area contributed by atoms with Crippen molar-refractivity contribution in [2.75, 3.05) is 0 Å². The highest BCUT2D eigenvalue weighted by Crippen LogP contribution is 2.00. The quantitative estimate of drug-likeness (QED) is 0.576. The zero-order chi connectivity index (χ0) is 11.3. The predicted molar refractivity (Wildman–Crippen MR) is 44.5 cm³/mol. The Kier molecular flexibility index (Phi) is 4.79. The van der Waals surface area contributed by atoms with Crippen molar-refractivity contribution >= 4 is 17.7 Å². The number of ether oxygens (including phenoxy) is 1. The van der Waals surface area contributed by atoms with E-state index in [1.54, 1.807) is 0 Å². The molecule has 6 nitrogen and oxygen atoms in total. The van der Waals surface area contributed by atoms with Crippen LogP contribution in [0.15, 0.2) is 0 Å². The summed E-state index contributed by atoms with van der Waals surface area (Å²) in [6.45, 7) is 2.56. The first kappa shape index (κ1) is 12.6. The molecule has 0 fully saturated rings. The molecule has 80 valence electrons. The third kappa shape index (κ3) is 4.56. The van der Waals surface area contributed by atoms with Crippen molar-refractivity contribution in [3.05, 3.63) is 0 Å². The van der Waals surface area contributed by atoms with Gasteiger partial charge >= 0.3 is 11.9 Å². The molecule has 0 heterocycles. The van der Waals surface area contributed by atoms with Gasteiger partial charge in [0, 0.05) is 0 Å². The van der Waals surface area contributed by atoms with Crippen LogP contribution in [0.1, 0.15) is 20.3 Å². The summed E-state index contributed by atoms with van der Waals surface area (Å²) in [4.78, 5) is 31.7. The third-order valence-corrected chi connectivity index (χ3v) is 1.51. The van der Waals surface area contributed by atoms with Crippen LogP contribution >= 0.6 is 0 Å². The molecule has 6 heteroatoms. The molecule has 0 radical (unpaired) electrons. The van der Waals surface area contributed by atoms with E-state index in [2.05, 4.69) is 4.74 Å².